The molecule has 114 valence electrons. The Morgan fingerprint density at radius 1 is 1.27 bits per heavy atom. The smallest absolute Gasteiger partial charge is 0.234 e. The maximum Gasteiger partial charge on any atom is 0.234 e. The minimum atomic E-state index is -0.0928. The van der Waals surface area contributed by atoms with Gasteiger partial charge in [-0.3, -0.25) is 4.79 Å². The van der Waals surface area contributed by atoms with Gasteiger partial charge in [0.05, 0.1) is 11.5 Å². The number of thioether (sulfide) groups is 1. The summed E-state index contributed by atoms with van der Waals surface area (Å²) in [7, 11) is 0. The maximum absolute atomic E-state index is 11.9. The number of amides is 1. The van der Waals surface area contributed by atoms with Crippen molar-refractivity contribution in [1.29, 1.82) is 0 Å². The molecule has 2 aromatic heterocycles. The van der Waals surface area contributed by atoms with Crippen LogP contribution in [0.5, 0.6) is 0 Å². The van der Waals surface area contributed by atoms with E-state index in [1.807, 2.05) is 0 Å². The van der Waals surface area contributed by atoms with Crippen LogP contribution >= 0.6 is 11.8 Å². The largest absolute Gasteiger partial charge is 0.441 e. The third-order valence-electron chi connectivity index (χ3n) is 2.81. The molecular weight excluding hydrogens is 304 g/mol. The van der Waals surface area contributed by atoms with Gasteiger partial charge in [0.2, 0.25) is 11.8 Å². The molecule has 3 aromatic rings. The highest BCUT2D eigenvalue weighted by Crippen LogP contribution is 2.20. The van der Waals surface area contributed by atoms with Crippen molar-refractivity contribution in [3.05, 3.63) is 35.8 Å². The van der Waals surface area contributed by atoms with Gasteiger partial charge in [0.1, 0.15) is 5.52 Å². The molecule has 2 heterocycles. The summed E-state index contributed by atoms with van der Waals surface area (Å²) in [6, 6.07) is 5.37. The summed E-state index contributed by atoms with van der Waals surface area (Å²) in [5.41, 5.74) is 2.13. The van der Waals surface area contributed by atoms with Crippen LogP contribution in [-0.4, -0.2) is 26.8 Å². The highest BCUT2D eigenvalue weighted by atomic mass is 32.2. The number of carbonyl (C=O) groups is 1. The Morgan fingerprint density at radius 2 is 2.14 bits per heavy atom. The average Bonchev–Trinajstić information content (AvgIpc) is 3.03. The zero-order valence-electron chi connectivity index (χ0n) is 12.1. The fourth-order valence-corrected chi connectivity index (χ4v) is 2.61. The minimum Gasteiger partial charge on any atom is -0.441 e. The van der Waals surface area contributed by atoms with Crippen LogP contribution in [0.2, 0.25) is 0 Å². The van der Waals surface area contributed by atoms with Gasteiger partial charge in [-0.2, -0.15) is 4.98 Å². The van der Waals surface area contributed by atoms with E-state index in [9.17, 15) is 4.79 Å². The van der Waals surface area contributed by atoms with Gasteiger partial charge >= 0.3 is 0 Å². The number of oxazole rings is 1. The Morgan fingerprint density at radius 3 is 2.91 bits per heavy atom. The van der Waals surface area contributed by atoms with Crippen molar-refractivity contribution in [3.63, 3.8) is 0 Å². The van der Waals surface area contributed by atoms with Gasteiger partial charge < -0.3 is 14.3 Å². The first-order chi connectivity index (χ1) is 10.6. The van der Waals surface area contributed by atoms with E-state index in [2.05, 4.69) is 20.4 Å². The van der Waals surface area contributed by atoms with E-state index in [0.717, 1.165) is 5.52 Å². The van der Waals surface area contributed by atoms with Gasteiger partial charge in [0, 0.05) is 19.5 Å². The van der Waals surface area contributed by atoms with Gasteiger partial charge in [-0.15, -0.1) is 11.8 Å². The monoisotopic (exact) mass is 318 g/mol. The van der Waals surface area contributed by atoms with Crippen LogP contribution in [0.1, 0.15) is 17.6 Å². The quantitative estimate of drug-likeness (QED) is 0.772. The zero-order chi connectivity index (χ0) is 15.5. The van der Waals surface area contributed by atoms with Crippen molar-refractivity contribution >= 4 is 34.5 Å². The third-order valence-corrected chi connectivity index (χ3v) is 3.74. The van der Waals surface area contributed by atoms with E-state index in [0.29, 0.717) is 40.4 Å². The molecule has 0 aliphatic rings. The Hall–Kier alpha value is -2.35. The van der Waals surface area contributed by atoms with Crippen LogP contribution in [0.15, 0.2) is 27.1 Å². The number of aryl methyl sites for hydroxylation is 2. The SMILES string of the molecule is Cc1nc(CSCC(=O)Nc2ccc3oc(C)nc3c2)no1. The second kappa shape index (κ2) is 6.18. The summed E-state index contributed by atoms with van der Waals surface area (Å²) < 4.78 is 10.3. The molecule has 0 unspecified atom stereocenters. The summed E-state index contributed by atoms with van der Waals surface area (Å²) >= 11 is 1.42. The number of hydrogen-bond donors (Lipinski definition) is 1. The van der Waals surface area contributed by atoms with E-state index in [1.54, 1.807) is 32.0 Å². The highest BCUT2D eigenvalue weighted by molar-refractivity contribution is 7.99. The number of nitrogens with one attached hydrogen (secondary N) is 1. The van der Waals surface area contributed by atoms with Gasteiger partial charge in [-0.25, -0.2) is 4.98 Å². The first-order valence-corrected chi connectivity index (χ1v) is 7.79. The molecular formula is C14H14N4O3S. The second-order valence-electron chi connectivity index (χ2n) is 4.69. The van der Waals surface area contributed by atoms with E-state index >= 15 is 0 Å². The first kappa shape index (κ1) is 14.6. The predicted octanol–water partition coefficient (Wildman–Crippen LogP) is 2.70. The van der Waals surface area contributed by atoms with Crippen LogP contribution in [0, 0.1) is 13.8 Å². The van der Waals surface area contributed by atoms with E-state index in [-0.39, 0.29) is 5.91 Å². The number of carbonyl (C=O) groups excluding carboxylic acids is 1. The van der Waals surface area contributed by atoms with Gasteiger partial charge in [-0.1, -0.05) is 5.16 Å². The van der Waals surface area contributed by atoms with Crippen molar-refractivity contribution in [2.24, 2.45) is 0 Å². The predicted molar refractivity (Wildman–Crippen MR) is 82.6 cm³/mol. The number of anilines is 1. The second-order valence-corrected chi connectivity index (χ2v) is 5.67. The summed E-state index contributed by atoms with van der Waals surface area (Å²) in [4.78, 5) is 20.2. The summed E-state index contributed by atoms with van der Waals surface area (Å²) in [5.74, 6) is 2.47. The van der Waals surface area contributed by atoms with Crippen LogP contribution in [0.3, 0.4) is 0 Å². The number of aromatic nitrogens is 3. The van der Waals surface area contributed by atoms with Crippen LogP contribution in [-0.2, 0) is 10.5 Å². The lowest BCUT2D eigenvalue weighted by Crippen LogP contribution is -2.14. The number of benzene rings is 1. The molecule has 1 amide bonds. The van der Waals surface area contributed by atoms with Gasteiger partial charge in [0.15, 0.2) is 17.3 Å². The third kappa shape index (κ3) is 3.45. The molecule has 8 heteroatoms. The molecule has 0 radical (unpaired) electrons. The lowest BCUT2D eigenvalue weighted by Gasteiger charge is -2.04. The molecule has 1 N–H and O–H groups in total. The van der Waals surface area contributed by atoms with Crippen molar-refractivity contribution in [3.8, 4) is 0 Å². The molecule has 0 aliphatic heterocycles. The van der Waals surface area contributed by atoms with E-state index in [1.165, 1.54) is 11.8 Å². The molecule has 0 atom stereocenters. The van der Waals surface area contributed by atoms with Crippen molar-refractivity contribution < 1.29 is 13.7 Å². The Bertz CT molecular complexity index is 811. The standard InChI is InChI=1S/C14H14N4O3S/c1-8-15-11-5-10(3-4-12(11)20-8)17-14(19)7-22-6-13-16-9(2)21-18-13/h3-5H,6-7H2,1-2H3,(H,17,19). The van der Waals surface area contributed by atoms with Crippen LogP contribution in [0.4, 0.5) is 5.69 Å². The Balaban J connectivity index is 1.53. The topological polar surface area (TPSA) is 94.1 Å². The summed E-state index contributed by atoms with van der Waals surface area (Å²) in [6.45, 7) is 3.52. The van der Waals surface area contributed by atoms with Gasteiger partial charge in [-0.05, 0) is 18.2 Å². The minimum absolute atomic E-state index is 0.0928. The lowest BCUT2D eigenvalue weighted by atomic mass is 10.3. The molecule has 0 fully saturated rings. The Labute approximate surface area is 130 Å². The molecule has 22 heavy (non-hydrogen) atoms. The van der Waals surface area contributed by atoms with Crippen LogP contribution in [0.25, 0.3) is 11.1 Å². The molecule has 0 bridgehead atoms. The molecule has 1 aromatic carbocycles. The lowest BCUT2D eigenvalue weighted by molar-refractivity contribution is -0.113. The molecule has 3 rings (SSSR count). The van der Waals surface area contributed by atoms with Crippen LogP contribution < -0.4 is 5.32 Å². The summed E-state index contributed by atoms with van der Waals surface area (Å²) in [5, 5.41) is 6.60. The van der Waals surface area contributed by atoms with Crippen molar-refractivity contribution in [1.82, 2.24) is 15.1 Å². The summed E-state index contributed by atoms with van der Waals surface area (Å²) in [6.07, 6.45) is 0. The van der Waals surface area contributed by atoms with Crippen molar-refractivity contribution in [2.75, 3.05) is 11.1 Å². The fourth-order valence-electron chi connectivity index (χ4n) is 1.95. The number of rotatable bonds is 5. The van der Waals surface area contributed by atoms with E-state index < -0.39 is 0 Å². The maximum atomic E-state index is 11.9. The molecule has 0 saturated heterocycles. The normalized spacial score (nSPS) is 11.0. The first-order valence-electron chi connectivity index (χ1n) is 6.64. The molecule has 0 spiro atoms. The highest BCUT2D eigenvalue weighted by Gasteiger charge is 2.08. The molecule has 0 aliphatic carbocycles. The average molecular weight is 318 g/mol. The molecule has 0 saturated carbocycles. The Kier molecular flexibility index (Phi) is 4.10. The van der Waals surface area contributed by atoms with Gasteiger partial charge in [0.25, 0.3) is 0 Å². The van der Waals surface area contributed by atoms with Crippen molar-refractivity contribution in [2.45, 2.75) is 19.6 Å². The van der Waals surface area contributed by atoms with E-state index in [4.69, 9.17) is 8.94 Å². The number of hydrogen-bond acceptors (Lipinski definition) is 7. The number of nitrogens with zero attached hydrogens (tertiary/aromatic N) is 3. The molecule has 7 nitrogen and oxygen atoms in total. The number of fused-ring (bicyclic) bond motifs is 1. The fraction of sp³-hybridized carbons (Fsp3) is 0.286. The zero-order valence-corrected chi connectivity index (χ0v) is 12.9.